The van der Waals surface area contributed by atoms with E-state index >= 15 is 0 Å². The second-order valence-electron chi connectivity index (χ2n) is 5.36. The number of nitrogens with zero attached hydrogens (tertiary/aromatic N) is 3. The van der Waals surface area contributed by atoms with Crippen LogP contribution in [-0.4, -0.2) is 27.0 Å². The van der Waals surface area contributed by atoms with Gasteiger partial charge in [-0.2, -0.15) is 10.1 Å². The Morgan fingerprint density at radius 3 is 2.54 bits per heavy atom. The molecule has 1 aliphatic heterocycles. The Hall–Kier alpha value is -3.29. The van der Waals surface area contributed by atoms with Crippen molar-refractivity contribution in [3.05, 3.63) is 63.4 Å². The number of benzene rings is 1. The summed E-state index contributed by atoms with van der Waals surface area (Å²) in [5, 5.41) is 5.34. The van der Waals surface area contributed by atoms with E-state index in [0.717, 1.165) is 10.6 Å². The van der Waals surface area contributed by atoms with Crippen molar-refractivity contribution in [3.8, 4) is 0 Å². The topological polar surface area (TPSA) is 105 Å². The van der Waals surface area contributed by atoms with E-state index in [1.54, 1.807) is 31.2 Å². The molecule has 1 aromatic heterocycles. The number of rotatable bonds is 4. The highest BCUT2D eigenvalue weighted by Gasteiger charge is 2.39. The number of para-hydroxylation sites is 1. The first-order valence-electron chi connectivity index (χ1n) is 7.24. The summed E-state index contributed by atoms with van der Waals surface area (Å²) in [6, 6.07) is 9.92. The lowest BCUT2D eigenvalue weighted by Gasteiger charge is -2.14. The molecule has 3 rings (SSSR count). The normalized spacial score (nSPS) is 17.0. The van der Waals surface area contributed by atoms with Gasteiger partial charge in [0.2, 0.25) is 0 Å². The third-order valence-electron chi connectivity index (χ3n) is 3.68. The van der Waals surface area contributed by atoms with Gasteiger partial charge in [-0.05, 0) is 19.1 Å². The van der Waals surface area contributed by atoms with Crippen molar-refractivity contribution >= 4 is 23.1 Å². The molecule has 24 heavy (non-hydrogen) atoms. The van der Waals surface area contributed by atoms with Gasteiger partial charge in [0, 0.05) is 12.3 Å². The molecule has 122 valence electrons. The van der Waals surface area contributed by atoms with Crippen molar-refractivity contribution in [2.24, 2.45) is 11.0 Å². The first kappa shape index (κ1) is 15.6. The fourth-order valence-corrected chi connectivity index (χ4v) is 2.52. The molecule has 0 saturated heterocycles. The van der Waals surface area contributed by atoms with Crippen molar-refractivity contribution in [2.45, 2.75) is 13.5 Å². The highest BCUT2D eigenvalue weighted by molar-refractivity contribution is 6.26. The number of hydrogen-bond acceptors (Lipinski definition) is 5. The zero-order chi connectivity index (χ0) is 17.3. The van der Waals surface area contributed by atoms with Crippen molar-refractivity contribution in [1.82, 2.24) is 9.55 Å². The lowest BCUT2D eigenvalue weighted by molar-refractivity contribution is -0.129. The lowest BCUT2D eigenvalue weighted by Crippen LogP contribution is -2.37. The fourth-order valence-electron chi connectivity index (χ4n) is 2.52. The molecule has 8 heteroatoms. The third-order valence-corrected chi connectivity index (χ3v) is 3.68. The molecule has 1 aromatic carbocycles. The van der Waals surface area contributed by atoms with Crippen molar-refractivity contribution in [2.75, 3.05) is 5.01 Å². The second-order valence-corrected chi connectivity index (χ2v) is 5.36. The molecule has 0 radical (unpaired) electrons. The molecule has 0 spiro atoms. The maximum absolute atomic E-state index is 12.5. The quantitative estimate of drug-likeness (QED) is 0.807. The molecular weight excluding hydrogens is 312 g/mol. The van der Waals surface area contributed by atoms with Gasteiger partial charge in [0.1, 0.15) is 5.92 Å². The van der Waals surface area contributed by atoms with E-state index in [2.05, 4.69) is 10.1 Å². The van der Waals surface area contributed by atoms with Crippen LogP contribution in [-0.2, 0) is 16.1 Å². The molecule has 1 N–H and O–H groups in total. The number of aromatic nitrogens is 2. The number of H-pyrrole nitrogens is 1. The summed E-state index contributed by atoms with van der Waals surface area (Å²) in [6.45, 7) is 1.28. The van der Waals surface area contributed by atoms with Crippen LogP contribution in [0.25, 0.3) is 0 Å². The summed E-state index contributed by atoms with van der Waals surface area (Å²) in [6.07, 6.45) is 1.22. The largest absolute Gasteiger partial charge is 0.328 e. The molecule has 2 heterocycles. The summed E-state index contributed by atoms with van der Waals surface area (Å²) >= 11 is 0. The number of aromatic amines is 1. The average molecular weight is 326 g/mol. The van der Waals surface area contributed by atoms with E-state index < -0.39 is 28.9 Å². The summed E-state index contributed by atoms with van der Waals surface area (Å²) in [5.74, 6) is -1.96. The fraction of sp³-hybridized carbons (Fsp3) is 0.188. The van der Waals surface area contributed by atoms with Crippen LogP contribution < -0.4 is 16.3 Å². The van der Waals surface area contributed by atoms with E-state index in [1.807, 2.05) is 6.07 Å². The Bertz CT molecular complexity index is 942. The average Bonchev–Trinajstić information content (AvgIpc) is 2.85. The standard InChI is InChI=1S/C16H14N4O4/c1-10-14(12(21)9-19-8-7-13(22)17-16(19)24)15(23)20(18-10)11-5-3-2-4-6-11/h2-8,14H,9H2,1H3,(H,17,22,24)/t14-/m0/s1. The van der Waals surface area contributed by atoms with Crippen molar-refractivity contribution < 1.29 is 9.59 Å². The summed E-state index contributed by atoms with van der Waals surface area (Å²) in [7, 11) is 0. The van der Waals surface area contributed by atoms with E-state index in [-0.39, 0.29) is 6.54 Å². The van der Waals surface area contributed by atoms with Gasteiger partial charge in [-0.3, -0.25) is 23.9 Å². The highest BCUT2D eigenvalue weighted by atomic mass is 16.2. The summed E-state index contributed by atoms with van der Waals surface area (Å²) in [5.41, 5.74) is -0.311. The first-order valence-corrected chi connectivity index (χ1v) is 7.24. The minimum atomic E-state index is -1.04. The smallest absolute Gasteiger partial charge is 0.296 e. The number of carbonyl (C=O) groups is 2. The Morgan fingerprint density at radius 2 is 1.88 bits per heavy atom. The van der Waals surface area contributed by atoms with Crippen LogP contribution >= 0.6 is 0 Å². The Kier molecular flexibility index (Phi) is 3.95. The Morgan fingerprint density at radius 1 is 1.17 bits per heavy atom. The van der Waals surface area contributed by atoms with Crippen LogP contribution in [0.2, 0.25) is 0 Å². The van der Waals surface area contributed by atoms with Gasteiger partial charge in [-0.25, -0.2) is 4.79 Å². The van der Waals surface area contributed by atoms with Crippen molar-refractivity contribution in [3.63, 3.8) is 0 Å². The molecule has 1 atom stereocenters. The SMILES string of the molecule is CC1=NN(c2ccccc2)C(=O)[C@@H]1C(=O)Cn1ccc(=O)[nH]c1=O. The van der Waals surface area contributed by atoms with Gasteiger partial charge in [0.05, 0.1) is 17.9 Å². The Balaban J connectivity index is 1.83. The minimum absolute atomic E-state index is 0.318. The van der Waals surface area contributed by atoms with Gasteiger partial charge >= 0.3 is 5.69 Å². The lowest BCUT2D eigenvalue weighted by atomic mass is 9.99. The van der Waals surface area contributed by atoms with Crippen LogP contribution in [0.3, 0.4) is 0 Å². The number of hydrazone groups is 1. The maximum Gasteiger partial charge on any atom is 0.328 e. The summed E-state index contributed by atoms with van der Waals surface area (Å²) < 4.78 is 1.05. The molecule has 2 aromatic rings. The van der Waals surface area contributed by atoms with Crippen LogP contribution in [0.4, 0.5) is 5.69 Å². The van der Waals surface area contributed by atoms with Gasteiger partial charge in [0.15, 0.2) is 5.78 Å². The number of hydrogen-bond donors (Lipinski definition) is 1. The molecule has 1 amide bonds. The number of Topliss-reactive ketones (excluding diaryl/α,β-unsaturated/α-hetero) is 1. The monoisotopic (exact) mass is 326 g/mol. The van der Waals surface area contributed by atoms with E-state index in [0.29, 0.717) is 11.4 Å². The van der Waals surface area contributed by atoms with Gasteiger partial charge in [-0.15, -0.1) is 0 Å². The third kappa shape index (κ3) is 2.81. The number of anilines is 1. The number of ketones is 1. The van der Waals surface area contributed by atoms with Crippen LogP contribution in [0, 0.1) is 5.92 Å². The Labute approximate surface area is 136 Å². The van der Waals surface area contributed by atoms with E-state index in [1.165, 1.54) is 11.2 Å². The maximum atomic E-state index is 12.5. The van der Waals surface area contributed by atoms with Crippen LogP contribution in [0.1, 0.15) is 6.92 Å². The van der Waals surface area contributed by atoms with Gasteiger partial charge in [0.25, 0.3) is 11.5 Å². The van der Waals surface area contributed by atoms with Gasteiger partial charge < -0.3 is 0 Å². The molecule has 8 nitrogen and oxygen atoms in total. The second kappa shape index (κ2) is 6.07. The number of carbonyl (C=O) groups excluding carboxylic acids is 2. The zero-order valence-corrected chi connectivity index (χ0v) is 12.8. The predicted molar refractivity (Wildman–Crippen MR) is 86.9 cm³/mol. The molecule has 0 fully saturated rings. The molecule has 0 bridgehead atoms. The van der Waals surface area contributed by atoms with Gasteiger partial charge in [-0.1, -0.05) is 18.2 Å². The molecule has 0 unspecified atom stereocenters. The zero-order valence-electron chi connectivity index (χ0n) is 12.8. The van der Waals surface area contributed by atoms with E-state index in [9.17, 15) is 19.2 Å². The van der Waals surface area contributed by atoms with Crippen LogP contribution in [0.15, 0.2) is 57.3 Å². The van der Waals surface area contributed by atoms with Crippen LogP contribution in [0.5, 0.6) is 0 Å². The molecule has 0 saturated carbocycles. The first-order chi connectivity index (χ1) is 11.5. The minimum Gasteiger partial charge on any atom is -0.296 e. The number of nitrogens with one attached hydrogen (secondary N) is 1. The number of amides is 1. The van der Waals surface area contributed by atoms with Crippen molar-refractivity contribution in [1.29, 1.82) is 0 Å². The molecular formula is C16H14N4O4. The molecule has 0 aliphatic carbocycles. The highest BCUT2D eigenvalue weighted by Crippen LogP contribution is 2.24. The summed E-state index contributed by atoms with van der Waals surface area (Å²) in [4.78, 5) is 49.8. The predicted octanol–water partition coefficient (Wildman–Crippen LogP) is 0.145. The van der Waals surface area contributed by atoms with E-state index in [4.69, 9.17) is 0 Å². The molecule has 1 aliphatic rings.